The third-order valence-electron chi connectivity index (χ3n) is 2.69. The Morgan fingerprint density at radius 2 is 2.27 bits per heavy atom. The molecule has 1 fully saturated rings. The van der Waals surface area contributed by atoms with E-state index in [9.17, 15) is 0 Å². The summed E-state index contributed by atoms with van der Waals surface area (Å²) in [6, 6.07) is 6.23. The molecular formula is C12H16ClNS. The number of hydrogen-bond donors (Lipinski definition) is 1. The Labute approximate surface area is 101 Å². The van der Waals surface area contributed by atoms with Crippen LogP contribution in [0.1, 0.15) is 11.1 Å². The predicted octanol–water partition coefficient (Wildman–Crippen LogP) is 3.10. The number of rotatable bonds is 4. The highest BCUT2D eigenvalue weighted by molar-refractivity contribution is 8.00. The molecule has 0 radical (unpaired) electrons. The highest BCUT2D eigenvalue weighted by atomic mass is 35.5. The van der Waals surface area contributed by atoms with Gasteiger partial charge in [-0.15, -0.1) is 0 Å². The maximum atomic E-state index is 5.97. The summed E-state index contributed by atoms with van der Waals surface area (Å²) in [6.07, 6.45) is 0. The van der Waals surface area contributed by atoms with Crippen LogP contribution in [-0.2, 0) is 6.54 Å². The van der Waals surface area contributed by atoms with Crippen LogP contribution in [0, 0.1) is 12.8 Å². The molecule has 1 aliphatic heterocycles. The monoisotopic (exact) mass is 241 g/mol. The van der Waals surface area contributed by atoms with Crippen molar-refractivity contribution in [3.8, 4) is 0 Å². The van der Waals surface area contributed by atoms with Gasteiger partial charge in [0.05, 0.1) is 0 Å². The Kier molecular flexibility index (Phi) is 3.95. The lowest BCUT2D eigenvalue weighted by atomic mass is 10.1. The molecule has 1 N–H and O–H groups in total. The molecule has 0 aromatic heterocycles. The Morgan fingerprint density at radius 3 is 2.87 bits per heavy atom. The van der Waals surface area contributed by atoms with E-state index < -0.39 is 0 Å². The number of benzene rings is 1. The molecule has 2 rings (SSSR count). The van der Waals surface area contributed by atoms with Gasteiger partial charge in [0.15, 0.2) is 0 Å². The van der Waals surface area contributed by atoms with E-state index in [1.165, 1.54) is 17.1 Å². The first-order chi connectivity index (χ1) is 7.25. The van der Waals surface area contributed by atoms with Gasteiger partial charge in [-0.2, -0.15) is 11.8 Å². The second-order valence-corrected chi connectivity index (χ2v) is 5.60. The van der Waals surface area contributed by atoms with Gasteiger partial charge in [0, 0.05) is 11.6 Å². The summed E-state index contributed by atoms with van der Waals surface area (Å²) in [5.74, 6) is 3.54. The van der Waals surface area contributed by atoms with Crippen molar-refractivity contribution in [3.63, 3.8) is 0 Å². The fourth-order valence-electron chi connectivity index (χ4n) is 1.64. The van der Waals surface area contributed by atoms with Crippen LogP contribution in [0.3, 0.4) is 0 Å². The van der Waals surface area contributed by atoms with Crippen molar-refractivity contribution in [3.05, 3.63) is 34.3 Å². The third-order valence-corrected chi connectivity index (χ3v) is 4.53. The fraction of sp³-hybridized carbons (Fsp3) is 0.500. The van der Waals surface area contributed by atoms with Crippen molar-refractivity contribution >= 4 is 23.4 Å². The van der Waals surface area contributed by atoms with Gasteiger partial charge >= 0.3 is 0 Å². The van der Waals surface area contributed by atoms with Gasteiger partial charge < -0.3 is 5.32 Å². The van der Waals surface area contributed by atoms with E-state index in [1.54, 1.807) is 0 Å². The lowest BCUT2D eigenvalue weighted by Crippen LogP contribution is -2.30. The van der Waals surface area contributed by atoms with Crippen LogP contribution in [0.25, 0.3) is 0 Å². The minimum Gasteiger partial charge on any atom is -0.312 e. The number of nitrogens with one attached hydrogen (secondary N) is 1. The van der Waals surface area contributed by atoms with Gasteiger partial charge in [-0.3, -0.25) is 0 Å². The molecule has 82 valence electrons. The Morgan fingerprint density at radius 1 is 1.47 bits per heavy atom. The zero-order valence-electron chi connectivity index (χ0n) is 8.92. The van der Waals surface area contributed by atoms with Crippen molar-refractivity contribution in [2.75, 3.05) is 18.1 Å². The molecule has 1 heterocycles. The molecule has 1 aromatic carbocycles. The molecule has 0 unspecified atom stereocenters. The Bertz CT molecular complexity index is 336. The minimum atomic E-state index is 0.856. The standard InChI is InChI=1S/C12H16ClNS/c1-9-4-10(2-3-12(9)13)5-14-6-11-7-15-8-11/h2-4,11,14H,5-8H2,1H3. The van der Waals surface area contributed by atoms with Gasteiger partial charge in [0.2, 0.25) is 0 Å². The van der Waals surface area contributed by atoms with Crippen LogP contribution in [0.5, 0.6) is 0 Å². The molecule has 0 spiro atoms. The van der Waals surface area contributed by atoms with E-state index >= 15 is 0 Å². The summed E-state index contributed by atoms with van der Waals surface area (Å²) in [4.78, 5) is 0. The predicted molar refractivity (Wildman–Crippen MR) is 68.7 cm³/mol. The molecular weight excluding hydrogens is 226 g/mol. The van der Waals surface area contributed by atoms with E-state index in [4.69, 9.17) is 11.6 Å². The van der Waals surface area contributed by atoms with Crippen LogP contribution >= 0.6 is 23.4 Å². The van der Waals surface area contributed by atoms with Crippen molar-refractivity contribution in [2.24, 2.45) is 5.92 Å². The van der Waals surface area contributed by atoms with Crippen LogP contribution in [0.2, 0.25) is 5.02 Å². The molecule has 3 heteroatoms. The summed E-state index contributed by atoms with van der Waals surface area (Å²) in [7, 11) is 0. The fourth-order valence-corrected chi connectivity index (χ4v) is 2.56. The van der Waals surface area contributed by atoms with E-state index in [0.29, 0.717) is 0 Å². The molecule has 1 aliphatic rings. The number of aryl methyl sites for hydroxylation is 1. The van der Waals surface area contributed by atoms with E-state index in [0.717, 1.165) is 29.6 Å². The van der Waals surface area contributed by atoms with E-state index in [1.807, 2.05) is 17.8 Å². The third kappa shape index (κ3) is 3.13. The highest BCUT2D eigenvalue weighted by Gasteiger charge is 2.16. The van der Waals surface area contributed by atoms with Crippen LogP contribution in [-0.4, -0.2) is 18.1 Å². The van der Waals surface area contributed by atoms with Crippen LogP contribution in [0.4, 0.5) is 0 Å². The number of halogens is 1. The zero-order valence-corrected chi connectivity index (χ0v) is 10.5. The first-order valence-electron chi connectivity index (χ1n) is 5.29. The molecule has 1 nitrogen and oxygen atoms in total. The molecule has 1 saturated heterocycles. The highest BCUT2D eigenvalue weighted by Crippen LogP contribution is 2.23. The molecule has 0 bridgehead atoms. The molecule has 1 aromatic rings. The molecule has 0 saturated carbocycles. The van der Waals surface area contributed by atoms with Crippen molar-refractivity contribution < 1.29 is 0 Å². The summed E-state index contributed by atoms with van der Waals surface area (Å²) in [5.41, 5.74) is 2.49. The second kappa shape index (κ2) is 5.24. The van der Waals surface area contributed by atoms with Gasteiger partial charge in [0.1, 0.15) is 0 Å². The first kappa shape index (κ1) is 11.3. The SMILES string of the molecule is Cc1cc(CNCC2CSC2)ccc1Cl. The average Bonchev–Trinajstić information content (AvgIpc) is 2.15. The summed E-state index contributed by atoms with van der Waals surface area (Å²) < 4.78 is 0. The maximum Gasteiger partial charge on any atom is 0.0435 e. The zero-order chi connectivity index (χ0) is 10.7. The molecule has 0 atom stereocenters. The number of hydrogen-bond acceptors (Lipinski definition) is 2. The van der Waals surface area contributed by atoms with Gasteiger partial charge in [-0.25, -0.2) is 0 Å². The molecule has 0 amide bonds. The van der Waals surface area contributed by atoms with E-state index in [-0.39, 0.29) is 0 Å². The van der Waals surface area contributed by atoms with Crippen molar-refractivity contribution in [1.82, 2.24) is 5.32 Å². The first-order valence-corrected chi connectivity index (χ1v) is 6.82. The van der Waals surface area contributed by atoms with Crippen LogP contribution in [0.15, 0.2) is 18.2 Å². The van der Waals surface area contributed by atoms with Crippen molar-refractivity contribution in [1.29, 1.82) is 0 Å². The van der Waals surface area contributed by atoms with Gasteiger partial charge in [0.25, 0.3) is 0 Å². The minimum absolute atomic E-state index is 0.856. The normalized spacial score (nSPS) is 16.4. The smallest absolute Gasteiger partial charge is 0.0435 e. The summed E-state index contributed by atoms with van der Waals surface area (Å²) in [6.45, 7) is 4.16. The average molecular weight is 242 g/mol. The Balaban J connectivity index is 1.79. The van der Waals surface area contributed by atoms with Crippen LogP contribution < -0.4 is 5.32 Å². The Hall–Kier alpha value is -0.180. The quantitative estimate of drug-likeness (QED) is 0.870. The largest absolute Gasteiger partial charge is 0.312 e. The van der Waals surface area contributed by atoms with Gasteiger partial charge in [-0.1, -0.05) is 23.7 Å². The number of thioether (sulfide) groups is 1. The molecule has 0 aliphatic carbocycles. The molecule has 15 heavy (non-hydrogen) atoms. The maximum absolute atomic E-state index is 5.97. The topological polar surface area (TPSA) is 12.0 Å². The van der Waals surface area contributed by atoms with Crippen molar-refractivity contribution in [2.45, 2.75) is 13.5 Å². The lowest BCUT2D eigenvalue weighted by molar-refractivity contribution is 0.547. The van der Waals surface area contributed by atoms with E-state index in [2.05, 4.69) is 24.4 Å². The summed E-state index contributed by atoms with van der Waals surface area (Å²) >= 11 is 8.01. The second-order valence-electron chi connectivity index (χ2n) is 4.12. The summed E-state index contributed by atoms with van der Waals surface area (Å²) in [5, 5.41) is 4.35. The lowest BCUT2D eigenvalue weighted by Gasteiger charge is -2.25. The van der Waals surface area contributed by atoms with Gasteiger partial charge in [-0.05, 0) is 48.1 Å².